The molecule has 0 bridgehead atoms. The van der Waals surface area contributed by atoms with E-state index in [1.54, 1.807) is 6.07 Å². The molecular formula is C13H9FI+. The van der Waals surface area contributed by atoms with Crippen LogP contribution in [0.25, 0.3) is 0 Å². The third-order valence-corrected chi connectivity index (χ3v) is 5.82. The van der Waals surface area contributed by atoms with Gasteiger partial charge >= 0.3 is 21.2 Å². The van der Waals surface area contributed by atoms with E-state index in [1.165, 1.54) is 12.7 Å². The molecule has 0 N–H and O–H groups in total. The topological polar surface area (TPSA) is 0 Å². The first-order valence-electron chi connectivity index (χ1n) is 4.85. The Morgan fingerprint density at radius 2 is 1.73 bits per heavy atom. The number of hydrogen-bond donors (Lipinski definition) is 0. The average Bonchev–Trinajstić information content (AvgIpc) is 2.27. The highest BCUT2D eigenvalue weighted by Gasteiger charge is 2.30. The van der Waals surface area contributed by atoms with Crippen LogP contribution in [-0.2, 0) is 6.42 Å². The van der Waals surface area contributed by atoms with Gasteiger partial charge in [-0.1, -0.05) is 24.3 Å². The molecule has 74 valence electrons. The molecule has 0 nitrogen and oxygen atoms in total. The van der Waals surface area contributed by atoms with Crippen LogP contribution < -0.4 is 21.2 Å². The van der Waals surface area contributed by atoms with Gasteiger partial charge in [0.1, 0.15) is 5.82 Å². The fourth-order valence-corrected chi connectivity index (χ4v) is 4.72. The van der Waals surface area contributed by atoms with Gasteiger partial charge in [-0.15, -0.1) is 0 Å². The number of halogens is 2. The summed E-state index contributed by atoms with van der Waals surface area (Å²) in [4.78, 5) is 0. The fraction of sp³-hybridized carbons (Fsp3) is 0.0769. The molecule has 2 aromatic carbocycles. The average molecular weight is 311 g/mol. The van der Waals surface area contributed by atoms with E-state index in [2.05, 4.69) is 24.3 Å². The van der Waals surface area contributed by atoms with Crippen molar-refractivity contribution < 1.29 is 25.6 Å². The molecule has 0 atom stereocenters. The first-order chi connectivity index (χ1) is 7.34. The molecule has 0 spiro atoms. The largest absolute Gasteiger partial charge is 0.358 e. The summed E-state index contributed by atoms with van der Waals surface area (Å²) in [6.45, 7) is 0. The lowest BCUT2D eigenvalue weighted by Crippen LogP contribution is -3.62. The molecule has 15 heavy (non-hydrogen) atoms. The van der Waals surface area contributed by atoms with Crippen molar-refractivity contribution in [1.29, 1.82) is 0 Å². The summed E-state index contributed by atoms with van der Waals surface area (Å²) in [5, 5.41) is 0. The molecule has 2 heteroatoms. The zero-order chi connectivity index (χ0) is 10.3. The SMILES string of the molecule is Fc1cccc2c1Cc1ccccc1[I+]2. The maximum atomic E-state index is 13.6. The molecule has 0 unspecified atom stereocenters. The van der Waals surface area contributed by atoms with Crippen LogP contribution in [0.1, 0.15) is 11.1 Å². The fourth-order valence-electron chi connectivity index (χ4n) is 1.82. The van der Waals surface area contributed by atoms with Crippen LogP contribution in [0.5, 0.6) is 0 Å². The van der Waals surface area contributed by atoms with Gasteiger partial charge in [0.25, 0.3) is 0 Å². The third kappa shape index (κ3) is 1.57. The van der Waals surface area contributed by atoms with Crippen LogP contribution in [0.4, 0.5) is 4.39 Å². The van der Waals surface area contributed by atoms with Gasteiger partial charge in [-0.25, -0.2) is 4.39 Å². The number of hydrogen-bond acceptors (Lipinski definition) is 0. The van der Waals surface area contributed by atoms with Gasteiger partial charge in [-0.05, 0) is 18.2 Å². The number of benzene rings is 2. The van der Waals surface area contributed by atoms with Crippen LogP contribution in [0.2, 0.25) is 0 Å². The van der Waals surface area contributed by atoms with E-state index in [4.69, 9.17) is 0 Å². The normalized spacial score (nSPS) is 13.1. The van der Waals surface area contributed by atoms with Crippen LogP contribution in [0, 0.1) is 13.0 Å². The van der Waals surface area contributed by atoms with Crippen molar-refractivity contribution in [3.05, 3.63) is 66.5 Å². The standard InChI is InChI=1S/C13H9FI/c14-11-5-3-7-13-10(11)8-9-4-1-2-6-12(9)15-13/h1-7H,8H2/q+1. The zero-order valence-electron chi connectivity index (χ0n) is 8.00. The van der Waals surface area contributed by atoms with Gasteiger partial charge < -0.3 is 0 Å². The minimum absolute atomic E-state index is 0.0401. The van der Waals surface area contributed by atoms with E-state index in [0.717, 1.165) is 12.0 Å². The first-order valence-corrected chi connectivity index (χ1v) is 7.00. The van der Waals surface area contributed by atoms with E-state index < -0.39 is 0 Å². The summed E-state index contributed by atoms with van der Waals surface area (Å²) in [6, 6.07) is 13.9. The molecule has 2 aromatic rings. The van der Waals surface area contributed by atoms with Crippen molar-refractivity contribution >= 4 is 0 Å². The summed E-state index contributed by atoms with van der Waals surface area (Å²) in [5.74, 6) is -0.0401. The van der Waals surface area contributed by atoms with Gasteiger partial charge in [-0.2, -0.15) is 0 Å². The monoisotopic (exact) mass is 311 g/mol. The lowest BCUT2D eigenvalue weighted by Gasteiger charge is -2.08. The Bertz CT molecular complexity index is 520. The lowest BCUT2D eigenvalue weighted by atomic mass is 10.0. The Morgan fingerprint density at radius 3 is 2.67 bits per heavy atom. The highest BCUT2D eigenvalue weighted by molar-refractivity contribution is 5.28. The molecule has 1 aliphatic heterocycles. The van der Waals surface area contributed by atoms with Crippen LogP contribution in [0.3, 0.4) is 0 Å². The minimum atomic E-state index is -0.182. The van der Waals surface area contributed by atoms with Gasteiger partial charge in [0.2, 0.25) is 3.57 Å². The highest BCUT2D eigenvalue weighted by atomic mass is 127. The molecule has 1 aliphatic rings. The second-order valence-corrected chi connectivity index (χ2v) is 6.43. The predicted molar refractivity (Wildman–Crippen MR) is 53.0 cm³/mol. The van der Waals surface area contributed by atoms with E-state index in [1.807, 2.05) is 12.1 Å². The molecule has 0 radical (unpaired) electrons. The molecule has 0 amide bonds. The zero-order valence-corrected chi connectivity index (χ0v) is 10.2. The summed E-state index contributed by atoms with van der Waals surface area (Å²) >= 11 is -0.182. The van der Waals surface area contributed by atoms with E-state index >= 15 is 0 Å². The summed E-state index contributed by atoms with van der Waals surface area (Å²) < 4.78 is 16.3. The summed E-state index contributed by atoms with van der Waals surface area (Å²) in [5.41, 5.74) is 2.23. The molecule has 0 saturated heterocycles. The molecule has 0 saturated carbocycles. The summed E-state index contributed by atoms with van der Waals surface area (Å²) in [7, 11) is 0. The second-order valence-electron chi connectivity index (χ2n) is 3.56. The van der Waals surface area contributed by atoms with Crippen molar-refractivity contribution in [2.75, 3.05) is 0 Å². The van der Waals surface area contributed by atoms with Gasteiger partial charge in [0, 0.05) is 17.5 Å². The first kappa shape index (κ1) is 9.33. The van der Waals surface area contributed by atoms with Crippen LogP contribution in [0.15, 0.2) is 42.5 Å². The molecule has 1 heterocycles. The van der Waals surface area contributed by atoms with Crippen molar-refractivity contribution in [2.24, 2.45) is 0 Å². The summed E-state index contributed by atoms with van der Waals surface area (Å²) in [6.07, 6.45) is 0.762. The maximum absolute atomic E-state index is 13.6. The van der Waals surface area contributed by atoms with Crippen LogP contribution in [-0.4, -0.2) is 0 Å². The van der Waals surface area contributed by atoms with E-state index in [-0.39, 0.29) is 27.0 Å². The Kier molecular flexibility index (Phi) is 2.24. The highest BCUT2D eigenvalue weighted by Crippen LogP contribution is 2.15. The number of rotatable bonds is 0. The van der Waals surface area contributed by atoms with Gasteiger partial charge in [0.05, 0.1) is 0 Å². The smallest absolute Gasteiger partial charge is 0.207 e. The quantitative estimate of drug-likeness (QED) is 0.507. The van der Waals surface area contributed by atoms with Crippen molar-refractivity contribution in [3.8, 4) is 0 Å². The Hall–Kier alpha value is -0.900. The second kappa shape index (κ2) is 3.59. The molecule has 0 fully saturated rings. The molecule has 0 aromatic heterocycles. The predicted octanol–water partition coefficient (Wildman–Crippen LogP) is -0.142. The van der Waals surface area contributed by atoms with Crippen molar-refractivity contribution in [2.45, 2.75) is 6.42 Å². The van der Waals surface area contributed by atoms with Gasteiger partial charge in [0.15, 0.2) is 3.57 Å². The van der Waals surface area contributed by atoms with Crippen LogP contribution >= 0.6 is 0 Å². The Morgan fingerprint density at radius 1 is 0.933 bits per heavy atom. The van der Waals surface area contributed by atoms with Crippen molar-refractivity contribution in [1.82, 2.24) is 0 Å². The van der Waals surface area contributed by atoms with Crippen molar-refractivity contribution in [3.63, 3.8) is 0 Å². The molecule has 0 aliphatic carbocycles. The third-order valence-electron chi connectivity index (χ3n) is 2.59. The Labute approximate surface area is 98.4 Å². The Balaban J connectivity index is 2.15. The van der Waals surface area contributed by atoms with Gasteiger partial charge in [-0.3, -0.25) is 0 Å². The lowest BCUT2D eigenvalue weighted by molar-refractivity contribution is -0.601. The minimum Gasteiger partial charge on any atom is -0.207 e. The maximum Gasteiger partial charge on any atom is 0.358 e. The van der Waals surface area contributed by atoms with E-state index in [0.29, 0.717) is 0 Å². The number of fused-ring (bicyclic) bond motifs is 2. The molecular weight excluding hydrogens is 302 g/mol. The molecule has 3 rings (SSSR count). The van der Waals surface area contributed by atoms with E-state index in [9.17, 15) is 4.39 Å².